The number of nitrogens with zero attached hydrogens (tertiary/aromatic N) is 6. The van der Waals surface area contributed by atoms with Crippen LogP contribution in [0, 0.1) is 0 Å². The Morgan fingerprint density at radius 1 is 1.00 bits per heavy atom. The van der Waals surface area contributed by atoms with Crippen LogP contribution in [0.1, 0.15) is 6.42 Å². The van der Waals surface area contributed by atoms with E-state index < -0.39 is 10.0 Å². The highest BCUT2D eigenvalue weighted by molar-refractivity contribution is 7.93. The third kappa shape index (κ3) is 3.77. The van der Waals surface area contributed by atoms with Gasteiger partial charge < -0.3 is 4.90 Å². The van der Waals surface area contributed by atoms with Gasteiger partial charge in [0.15, 0.2) is 0 Å². The Balaban J connectivity index is 1.37. The number of halogens is 1. The number of fused-ring (bicyclic) bond motifs is 3. The molecule has 1 fully saturated rings. The number of hydrogen-bond acceptors (Lipinski definition) is 6. The van der Waals surface area contributed by atoms with Gasteiger partial charge in [-0.05, 0) is 60.0 Å². The molecular weight excluding hydrogens is 484 g/mol. The van der Waals surface area contributed by atoms with Gasteiger partial charge in [-0.3, -0.25) is 8.71 Å². The fourth-order valence-corrected chi connectivity index (χ4v) is 6.28. The summed E-state index contributed by atoms with van der Waals surface area (Å²) in [5.41, 5.74) is 4.54. The quantitative estimate of drug-likeness (QED) is 0.346. The number of aromatic nitrogens is 4. The molecule has 0 unspecified atom stereocenters. The molecule has 1 saturated heterocycles. The molecule has 0 atom stereocenters. The van der Waals surface area contributed by atoms with Crippen molar-refractivity contribution in [2.24, 2.45) is 0 Å². The fraction of sp³-hybridized carbons (Fsp3) is 0.160. The average Bonchev–Trinajstić information content (AvgIpc) is 3.49. The Morgan fingerprint density at radius 3 is 2.60 bits per heavy atom. The van der Waals surface area contributed by atoms with E-state index in [9.17, 15) is 8.42 Å². The predicted octanol–water partition coefficient (Wildman–Crippen LogP) is 4.91. The van der Waals surface area contributed by atoms with E-state index in [0.717, 1.165) is 33.5 Å². The second kappa shape index (κ2) is 8.21. The van der Waals surface area contributed by atoms with Gasteiger partial charge in [-0.15, -0.1) is 10.2 Å². The zero-order valence-electron chi connectivity index (χ0n) is 18.8. The van der Waals surface area contributed by atoms with Crippen LogP contribution in [-0.4, -0.2) is 47.3 Å². The Morgan fingerprint density at radius 2 is 1.83 bits per heavy atom. The van der Waals surface area contributed by atoms with Gasteiger partial charge in [0.05, 0.1) is 17.0 Å². The summed E-state index contributed by atoms with van der Waals surface area (Å²) in [6, 6.07) is 21.5. The van der Waals surface area contributed by atoms with Crippen LogP contribution in [0.5, 0.6) is 0 Å². The highest BCUT2D eigenvalue weighted by Gasteiger charge is 2.28. The second-order valence-electron chi connectivity index (χ2n) is 8.50. The number of rotatable bonds is 4. The van der Waals surface area contributed by atoms with Crippen LogP contribution in [0.3, 0.4) is 0 Å². The van der Waals surface area contributed by atoms with Crippen molar-refractivity contribution in [3.8, 4) is 11.1 Å². The second-order valence-corrected chi connectivity index (χ2v) is 10.9. The average molecular weight is 505 g/mol. The largest absolute Gasteiger partial charge is 0.329 e. The van der Waals surface area contributed by atoms with Crippen molar-refractivity contribution >= 4 is 55.5 Å². The van der Waals surface area contributed by atoms with Crippen molar-refractivity contribution in [3.05, 3.63) is 78.1 Å². The van der Waals surface area contributed by atoms with Gasteiger partial charge in [-0.2, -0.15) is 4.98 Å². The number of benzene rings is 3. The lowest BCUT2D eigenvalue weighted by Gasteiger charge is -2.21. The summed E-state index contributed by atoms with van der Waals surface area (Å²) in [4.78, 5) is 6.76. The maximum Gasteiger partial charge on any atom is 0.257 e. The van der Waals surface area contributed by atoms with Crippen molar-refractivity contribution in [3.63, 3.8) is 0 Å². The molecule has 0 aliphatic carbocycles. The summed E-state index contributed by atoms with van der Waals surface area (Å²) in [5, 5.41) is 9.68. The molecule has 6 rings (SSSR count). The lowest BCUT2D eigenvalue weighted by molar-refractivity contribution is 0.599. The highest BCUT2D eigenvalue weighted by Crippen LogP contribution is 2.34. The van der Waals surface area contributed by atoms with Gasteiger partial charge in [0, 0.05) is 29.7 Å². The van der Waals surface area contributed by atoms with E-state index in [0.29, 0.717) is 29.5 Å². The predicted molar refractivity (Wildman–Crippen MR) is 139 cm³/mol. The molecular formula is C25H21ClN6O2S. The Hall–Kier alpha value is -3.69. The van der Waals surface area contributed by atoms with Gasteiger partial charge in [-0.1, -0.05) is 35.9 Å². The Bertz CT molecular complexity index is 1680. The van der Waals surface area contributed by atoms with E-state index in [1.807, 2.05) is 77.0 Å². The Kier molecular flexibility index (Phi) is 5.12. The molecule has 3 heterocycles. The summed E-state index contributed by atoms with van der Waals surface area (Å²) < 4.78 is 27.8. The van der Waals surface area contributed by atoms with Crippen LogP contribution in [0.25, 0.3) is 27.8 Å². The first-order valence-electron chi connectivity index (χ1n) is 11.1. The summed E-state index contributed by atoms with van der Waals surface area (Å²) in [7, 11) is -1.24. The normalized spacial score (nSPS) is 15.2. The maximum absolute atomic E-state index is 12.2. The minimum absolute atomic E-state index is 0.207. The first-order valence-corrected chi connectivity index (χ1v) is 13.1. The fourth-order valence-electron chi connectivity index (χ4n) is 4.54. The van der Waals surface area contributed by atoms with Crippen LogP contribution >= 0.6 is 11.6 Å². The van der Waals surface area contributed by atoms with Crippen LogP contribution in [0.2, 0.25) is 5.02 Å². The molecule has 0 N–H and O–H groups in total. The third-order valence-electron chi connectivity index (χ3n) is 6.33. The van der Waals surface area contributed by atoms with Gasteiger partial charge in [0.2, 0.25) is 10.0 Å². The maximum atomic E-state index is 12.2. The summed E-state index contributed by atoms with van der Waals surface area (Å²) in [5.74, 6) is 1.44. The molecule has 0 bridgehead atoms. The highest BCUT2D eigenvalue weighted by atomic mass is 35.5. The zero-order valence-corrected chi connectivity index (χ0v) is 20.4. The van der Waals surface area contributed by atoms with Gasteiger partial charge >= 0.3 is 0 Å². The monoisotopic (exact) mass is 504 g/mol. The van der Waals surface area contributed by atoms with Gasteiger partial charge in [-0.25, -0.2) is 8.42 Å². The van der Waals surface area contributed by atoms with E-state index in [1.165, 1.54) is 4.31 Å². The van der Waals surface area contributed by atoms with Gasteiger partial charge in [0.1, 0.15) is 12.1 Å². The molecule has 5 aromatic rings. The Labute approximate surface area is 207 Å². The minimum atomic E-state index is -3.20. The van der Waals surface area contributed by atoms with E-state index in [-0.39, 0.29) is 5.75 Å². The van der Waals surface area contributed by atoms with Crippen molar-refractivity contribution in [1.82, 2.24) is 19.6 Å². The lowest BCUT2D eigenvalue weighted by atomic mass is 10.0. The number of hydrogen-bond donors (Lipinski definition) is 0. The van der Waals surface area contributed by atoms with Crippen molar-refractivity contribution in [2.45, 2.75) is 6.42 Å². The SMILES string of the molecule is CN(c1cccc(-c2ccc(N3CCCS3(=O)=O)cc2)c1)c1nc2nncn2c2cc(Cl)ccc12. The van der Waals surface area contributed by atoms with Gasteiger partial charge in [0.25, 0.3) is 5.78 Å². The summed E-state index contributed by atoms with van der Waals surface area (Å²) >= 11 is 6.27. The smallest absolute Gasteiger partial charge is 0.257 e. The molecule has 176 valence electrons. The number of sulfonamides is 1. The molecule has 0 radical (unpaired) electrons. The third-order valence-corrected chi connectivity index (χ3v) is 8.44. The number of anilines is 3. The van der Waals surface area contributed by atoms with E-state index in [4.69, 9.17) is 16.6 Å². The zero-order chi connectivity index (χ0) is 24.2. The van der Waals surface area contributed by atoms with Crippen molar-refractivity contribution in [1.29, 1.82) is 0 Å². The van der Waals surface area contributed by atoms with Crippen LogP contribution in [0.4, 0.5) is 17.2 Å². The van der Waals surface area contributed by atoms with E-state index in [2.05, 4.69) is 16.3 Å². The van der Waals surface area contributed by atoms with Crippen LogP contribution < -0.4 is 9.21 Å². The molecule has 35 heavy (non-hydrogen) atoms. The standard InChI is InChI=1S/C25H21ClN6O2S/c1-30(24-22-11-8-19(26)15-23(22)31-16-27-29-25(31)28-24)21-5-2-4-18(14-21)17-6-9-20(10-7-17)32-12-3-13-35(32,33)34/h2,4-11,14-16H,3,12-13H2,1H3. The van der Waals surface area contributed by atoms with Crippen LogP contribution in [0.15, 0.2) is 73.1 Å². The summed E-state index contributed by atoms with van der Waals surface area (Å²) in [6.07, 6.45) is 2.29. The van der Waals surface area contributed by atoms with Crippen LogP contribution in [-0.2, 0) is 10.0 Å². The summed E-state index contributed by atoms with van der Waals surface area (Å²) in [6.45, 7) is 0.532. The molecule has 3 aromatic carbocycles. The minimum Gasteiger partial charge on any atom is -0.329 e. The topological polar surface area (TPSA) is 83.7 Å². The molecule has 1 aliphatic heterocycles. The first-order chi connectivity index (χ1) is 16.9. The molecule has 0 spiro atoms. The molecule has 1 aliphatic rings. The molecule has 10 heteroatoms. The van der Waals surface area contributed by atoms with Crippen molar-refractivity contribution in [2.75, 3.05) is 28.6 Å². The van der Waals surface area contributed by atoms with E-state index >= 15 is 0 Å². The molecule has 2 aromatic heterocycles. The van der Waals surface area contributed by atoms with E-state index in [1.54, 1.807) is 6.33 Å². The lowest BCUT2D eigenvalue weighted by Crippen LogP contribution is -2.24. The van der Waals surface area contributed by atoms with Crippen molar-refractivity contribution < 1.29 is 8.42 Å². The first kappa shape index (κ1) is 21.8. The molecule has 0 amide bonds. The molecule has 0 saturated carbocycles. The molecule has 8 nitrogen and oxygen atoms in total.